The zero-order chi connectivity index (χ0) is 14.7. The molecule has 0 aromatic heterocycles. The number of amides is 2. The van der Waals surface area contributed by atoms with E-state index < -0.39 is 0 Å². The van der Waals surface area contributed by atoms with Gasteiger partial charge in [-0.2, -0.15) is 0 Å². The van der Waals surface area contributed by atoms with E-state index in [1.54, 1.807) is 28.6 Å². The summed E-state index contributed by atoms with van der Waals surface area (Å²) in [7, 11) is 1.79. The Labute approximate surface area is 124 Å². The predicted octanol–water partition coefficient (Wildman–Crippen LogP) is 2.05. The lowest BCUT2D eigenvalue weighted by atomic mass is 10.1. The number of hydrogen-bond donors (Lipinski definition) is 0. The molecular weight excluding hydrogens is 272 g/mol. The Morgan fingerprint density at radius 1 is 1.40 bits per heavy atom. The van der Waals surface area contributed by atoms with Gasteiger partial charge in [0.15, 0.2) is 0 Å². The lowest BCUT2D eigenvalue weighted by Crippen LogP contribution is -2.40. The second kappa shape index (κ2) is 6.31. The summed E-state index contributed by atoms with van der Waals surface area (Å²) < 4.78 is 0. The van der Waals surface area contributed by atoms with Crippen molar-refractivity contribution in [2.45, 2.75) is 19.9 Å². The smallest absolute Gasteiger partial charge is 0.242 e. The molecular formula is C15H20N2O2S. The molecule has 1 fully saturated rings. The maximum atomic E-state index is 12.2. The minimum atomic E-state index is -0.0195. The molecule has 1 aromatic carbocycles. The van der Waals surface area contributed by atoms with Gasteiger partial charge >= 0.3 is 0 Å². The van der Waals surface area contributed by atoms with Gasteiger partial charge < -0.3 is 9.80 Å². The van der Waals surface area contributed by atoms with Crippen molar-refractivity contribution in [1.29, 1.82) is 0 Å². The zero-order valence-corrected chi connectivity index (χ0v) is 12.9. The second-order valence-electron chi connectivity index (χ2n) is 5.16. The average molecular weight is 292 g/mol. The Morgan fingerprint density at radius 2 is 2.05 bits per heavy atom. The number of carbonyl (C=O) groups is 2. The van der Waals surface area contributed by atoms with Crippen LogP contribution in [0.15, 0.2) is 24.3 Å². The van der Waals surface area contributed by atoms with Crippen molar-refractivity contribution in [2.75, 3.05) is 25.2 Å². The van der Waals surface area contributed by atoms with Crippen LogP contribution in [-0.2, 0) is 9.59 Å². The predicted molar refractivity (Wildman–Crippen MR) is 81.4 cm³/mol. The van der Waals surface area contributed by atoms with Gasteiger partial charge in [-0.05, 0) is 19.4 Å². The fourth-order valence-electron chi connectivity index (χ4n) is 2.10. The summed E-state index contributed by atoms with van der Waals surface area (Å²) in [5.74, 6) is 1.15. The van der Waals surface area contributed by atoms with E-state index in [0.717, 1.165) is 5.56 Å². The molecule has 4 nitrogen and oxygen atoms in total. The van der Waals surface area contributed by atoms with Gasteiger partial charge in [0.25, 0.3) is 0 Å². The van der Waals surface area contributed by atoms with Gasteiger partial charge in [-0.25, -0.2) is 0 Å². The number of hydrogen-bond acceptors (Lipinski definition) is 3. The lowest BCUT2D eigenvalue weighted by molar-refractivity contribution is -0.138. The van der Waals surface area contributed by atoms with Gasteiger partial charge in [-0.3, -0.25) is 9.59 Å². The van der Waals surface area contributed by atoms with E-state index in [2.05, 4.69) is 0 Å². The zero-order valence-electron chi connectivity index (χ0n) is 12.1. The van der Waals surface area contributed by atoms with E-state index in [4.69, 9.17) is 0 Å². The third-order valence-electron chi connectivity index (χ3n) is 3.69. The third-order valence-corrected chi connectivity index (χ3v) is 4.63. The Kier molecular flexibility index (Phi) is 4.70. The lowest BCUT2D eigenvalue weighted by Gasteiger charge is -2.27. The van der Waals surface area contributed by atoms with Crippen LogP contribution in [0.25, 0.3) is 0 Å². The van der Waals surface area contributed by atoms with Gasteiger partial charge in [0, 0.05) is 7.05 Å². The molecule has 0 N–H and O–H groups in total. The van der Waals surface area contributed by atoms with E-state index in [1.807, 2.05) is 38.1 Å². The van der Waals surface area contributed by atoms with Crippen LogP contribution in [0.1, 0.15) is 24.1 Å². The minimum Gasteiger partial charge on any atom is -0.337 e. The van der Waals surface area contributed by atoms with Crippen LogP contribution < -0.4 is 0 Å². The molecule has 0 aliphatic carbocycles. The normalized spacial score (nSPS) is 16.4. The highest BCUT2D eigenvalue weighted by atomic mass is 32.2. The monoisotopic (exact) mass is 292 g/mol. The van der Waals surface area contributed by atoms with Gasteiger partial charge in [0.1, 0.15) is 6.54 Å². The molecule has 0 radical (unpaired) electrons. The Balaban J connectivity index is 1.98. The van der Waals surface area contributed by atoms with Gasteiger partial charge in [0.2, 0.25) is 11.8 Å². The number of nitrogens with zero attached hydrogens (tertiary/aromatic N) is 2. The number of carbonyl (C=O) groups excluding carboxylic acids is 2. The quantitative estimate of drug-likeness (QED) is 0.853. The summed E-state index contributed by atoms with van der Waals surface area (Å²) >= 11 is 1.56. The number of thioether (sulfide) groups is 1. The van der Waals surface area contributed by atoms with Crippen LogP contribution in [0.2, 0.25) is 0 Å². The van der Waals surface area contributed by atoms with Crippen molar-refractivity contribution in [3.63, 3.8) is 0 Å². The molecule has 1 aliphatic heterocycles. The van der Waals surface area contributed by atoms with E-state index >= 15 is 0 Å². The summed E-state index contributed by atoms with van der Waals surface area (Å²) in [6, 6.07) is 8.19. The van der Waals surface area contributed by atoms with E-state index in [0.29, 0.717) is 11.6 Å². The first kappa shape index (κ1) is 14.9. The number of likely N-dealkylation sites (N-methyl/N-ethyl adjacent to an activating group) is 1. The molecule has 1 atom stereocenters. The van der Waals surface area contributed by atoms with E-state index in [-0.39, 0.29) is 24.4 Å². The standard InChI is InChI=1S/C15H20N2O2S/c1-11-4-6-13(7-5-11)12(2)16(3)14(18)8-17-10-20-9-15(17)19/h4-7,12H,8-10H2,1-3H3. The van der Waals surface area contributed by atoms with Crippen molar-refractivity contribution in [3.8, 4) is 0 Å². The molecule has 1 aliphatic rings. The third kappa shape index (κ3) is 3.33. The molecule has 1 unspecified atom stereocenters. The molecule has 1 heterocycles. The van der Waals surface area contributed by atoms with Crippen LogP contribution in [0.3, 0.4) is 0 Å². The molecule has 0 saturated carbocycles. The maximum Gasteiger partial charge on any atom is 0.242 e. The Hall–Kier alpha value is -1.49. The van der Waals surface area contributed by atoms with Gasteiger partial charge in [-0.1, -0.05) is 29.8 Å². The van der Waals surface area contributed by atoms with Crippen LogP contribution in [0.5, 0.6) is 0 Å². The highest BCUT2D eigenvalue weighted by Crippen LogP contribution is 2.20. The van der Waals surface area contributed by atoms with Crippen LogP contribution >= 0.6 is 11.8 Å². The molecule has 20 heavy (non-hydrogen) atoms. The van der Waals surface area contributed by atoms with Crippen molar-refractivity contribution >= 4 is 23.6 Å². The van der Waals surface area contributed by atoms with Gasteiger partial charge in [-0.15, -0.1) is 11.8 Å². The summed E-state index contributed by atoms with van der Waals surface area (Å²) in [6.07, 6.45) is 0. The fraction of sp³-hybridized carbons (Fsp3) is 0.467. The van der Waals surface area contributed by atoms with E-state index in [1.165, 1.54) is 5.56 Å². The fourth-order valence-corrected chi connectivity index (χ4v) is 3.00. The first-order valence-electron chi connectivity index (χ1n) is 6.67. The second-order valence-corrected chi connectivity index (χ2v) is 6.12. The SMILES string of the molecule is Cc1ccc(C(C)N(C)C(=O)CN2CSCC2=O)cc1. The van der Waals surface area contributed by atoms with Crippen molar-refractivity contribution in [3.05, 3.63) is 35.4 Å². The summed E-state index contributed by atoms with van der Waals surface area (Å²) in [5, 5.41) is 0. The van der Waals surface area contributed by atoms with Crippen LogP contribution in [-0.4, -0.2) is 46.8 Å². The largest absolute Gasteiger partial charge is 0.337 e. The first-order chi connectivity index (χ1) is 9.49. The molecule has 0 bridgehead atoms. The molecule has 2 amide bonds. The van der Waals surface area contributed by atoms with Crippen molar-refractivity contribution < 1.29 is 9.59 Å². The van der Waals surface area contributed by atoms with Crippen molar-refractivity contribution in [2.24, 2.45) is 0 Å². The van der Waals surface area contributed by atoms with Crippen LogP contribution in [0.4, 0.5) is 0 Å². The van der Waals surface area contributed by atoms with Crippen LogP contribution in [0, 0.1) is 6.92 Å². The molecule has 5 heteroatoms. The molecule has 1 saturated heterocycles. The number of rotatable bonds is 4. The average Bonchev–Trinajstić information content (AvgIpc) is 2.83. The molecule has 2 rings (SSSR count). The summed E-state index contributed by atoms with van der Waals surface area (Å²) in [4.78, 5) is 27.1. The first-order valence-corrected chi connectivity index (χ1v) is 7.82. The molecule has 1 aromatic rings. The molecule has 0 spiro atoms. The maximum absolute atomic E-state index is 12.2. The minimum absolute atomic E-state index is 0.00783. The number of benzene rings is 1. The Morgan fingerprint density at radius 3 is 2.60 bits per heavy atom. The summed E-state index contributed by atoms with van der Waals surface area (Å²) in [5.41, 5.74) is 2.31. The van der Waals surface area contributed by atoms with E-state index in [9.17, 15) is 9.59 Å². The summed E-state index contributed by atoms with van der Waals surface area (Å²) in [6.45, 7) is 4.22. The topological polar surface area (TPSA) is 40.6 Å². The molecule has 108 valence electrons. The highest BCUT2D eigenvalue weighted by molar-refractivity contribution is 8.00. The van der Waals surface area contributed by atoms with Gasteiger partial charge in [0.05, 0.1) is 17.7 Å². The number of aryl methyl sites for hydroxylation is 1. The van der Waals surface area contributed by atoms with Crippen molar-refractivity contribution in [1.82, 2.24) is 9.80 Å². The highest BCUT2D eigenvalue weighted by Gasteiger charge is 2.26. The Bertz CT molecular complexity index is 501.